The van der Waals surface area contributed by atoms with E-state index in [1.54, 1.807) is 10.9 Å². The molecule has 0 unspecified atom stereocenters. The average Bonchev–Trinajstić information content (AvgIpc) is 3.81. The first-order valence-electron chi connectivity index (χ1n) is 14.4. The van der Waals surface area contributed by atoms with E-state index in [0.717, 1.165) is 74.4 Å². The van der Waals surface area contributed by atoms with E-state index < -0.39 is 17.8 Å². The van der Waals surface area contributed by atoms with Gasteiger partial charge in [0, 0.05) is 83.4 Å². The molecule has 50 heavy (non-hydrogen) atoms. The Kier molecular flexibility index (Phi) is 29.4. The molecule has 2 aliphatic rings. The quantitative estimate of drug-likeness (QED) is 0.0452. The Balaban J connectivity index is 0. The first-order valence-corrected chi connectivity index (χ1v) is 20.6. The van der Waals surface area contributed by atoms with Gasteiger partial charge in [0.25, 0.3) is 5.97 Å². The van der Waals surface area contributed by atoms with E-state index in [4.69, 9.17) is 15.0 Å². The van der Waals surface area contributed by atoms with Crippen LogP contribution in [0.15, 0.2) is 111 Å². The SMILES string of the molecule is CC(=O)O.CO.II.N.NNC(=O)C(=O)NN.O=CCc1ccccc1.c1ccc(CC2=NN=C(C3=NN=C(Cc4ccccc4)C3)C2)cc1. The molecule has 0 aliphatic carbocycles. The Morgan fingerprint density at radius 2 is 0.980 bits per heavy atom. The fourth-order valence-electron chi connectivity index (χ4n) is 3.81. The number of aldehydes is 1. The minimum atomic E-state index is -0.965. The summed E-state index contributed by atoms with van der Waals surface area (Å²) in [6.45, 7) is 1.08. The molecule has 0 saturated heterocycles. The molecule has 0 radical (unpaired) electrons. The Morgan fingerprint density at radius 3 is 1.26 bits per heavy atom. The molecule has 0 fully saturated rings. The van der Waals surface area contributed by atoms with Crippen LogP contribution in [0.5, 0.6) is 0 Å². The number of carbonyl (C=O) groups excluding carboxylic acids is 3. The van der Waals surface area contributed by atoms with Gasteiger partial charge in [-0.2, -0.15) is 20.4 Å². The number of amides is 2. The molecule has 0 saturated carbocycles. The standard InChI is InChI=1S/C20H18N4.C8H8O.C2H6N4O2.C2H4O2.CH4O.I2.H3N/c1-3-7-15(8-4-1)11-17-13-19(23-21-17)20-14-18(22-24-20)12-16-9-5-2-6-10-16;9-7-6-8-4-2-1-3-5-8;3-5-1(7)2(8)6-4;1-2(3)4;2*1-2;/h1-10H,11-14H2;1-5,7H,6H2;3-4H2,(H,5,7)(H,6,8);1H3,(H,3,4);2H,1H3;;1H3. The largest absolute Gasteiger partial charge is 0.481 e. The van der Waals surface area contributed by atoms with Gasteiger partial charge in [-0.1, -0.05) is 91.0 Å². The third-order valence-corrected chi connectivity index (χ3v) is 5.83. The second-order valence-corrected chi connectivity index (χ2v) is 9.43. The van der Waals surface area contributed by atoms with E-state index in [-0.39, 0.29) is 6.15 Å². The van der Waals surface area contributed by atoms with Crippen molar-refractivity contribution in [1.82, 2.24) is 17.0 Å². The number of carboxylic acid groups (broad SMARTS) is 1. The number of nitrogens with zero attached hydrogens (tertiary/aromatic N) is 4. The lowest BCUT2D eigenvalue weighted by atomic mass is 9.99. The number of hydrazine groups is 2. The lowest BCUT2D eigenvalue weighted by Crippen LogP contribution is -2.45. The predicted molar refractivity (Wildman–Crippen MR) is 215 cm³/mol. The molecule has 17 heteroatoms. The zero-order valence-electron chi connectivity index (χ0n) is 27.7. The molecule has 2 aliphatic heterocycles. The van der Waals surface area contributed by atoms with Gasteiger partial charge < -0.3 is 21.2 Å². The zero-order chi connectivity index (χ0) is 36.9. The molecule has 15 nitrogen and oxygen atoms in total. The number of carbonyl (C=O) groups is 4. The van der Waals surface area contributed by atoms with Crippen LogP contribution in [-0.2, 0) is 38.4 Å². The van der Waals surface area contributed by atoms with Crippen LogP contribution in [0.25, 0.3) is 0 Å². The predicted octanol–water partition coefficient (Wildman–Crippen LogP) is 3.90. The number of aliphatic carboxylic acids is 1. The van der Waals surface area contributed by atoms with Gasteiger partial charge in [0.2, 0.25) is 0 Å². The summed E-state index contributed by atoms with van der Waals surface area (Å²) < 4.78 is 0. The summed E-state index contributed by atoms with van der Waals surface area (Å²) in [5.41, 5.74) is 10.9. The highest BCUT2D eigenvalue weighted by molar-refractivity contribution is 15.0. The maximum atomic E-state index is 10.0. The van der Waals surface area contributed by atoms with Gasteiger partial charge in [-0.25, -0.2) is 11.7 Å². The van der Waals surface area contributed by atoms with Gasteiger partial charge in [0.1, 0.15) is 6.29 Å². The van der Waals surface area contributed by atoms with Crippen molar-refractivity contribution >= 4 is 84.1 Å². The van der Waals surface area contributed by atoms with Crippen molar-refractivity contribution in [3.05, 3.63) is 108 Å². The zero-order valence-corrected chi connectivity index (χ0v) is 32.0. The van der Waals surface area contributed by atoms with Gasteiger partial charge in [0.15, 0.2) is 0 Å². The fourth-order valence-corrected chi connectivity index (χ4v) is 3.81. The van der Waals surface area contributed by atoms with Crippen molar-refractivity contribution in [2.45, 2.75) is 39.0 Å². The number of nitrogens with one attached hydrogen (secondary N) is 2. The summed E-state index contributed by atoms with van der Waals surface area (Å²) >= 11 is 4.24. The Labute approximate surface area is 314 Å². The number of carboxylic acids is 1. The van der Waals surface area contributed by atoms with Gasteiger partial charge >= 0.3 is 11.8 Å². The van der Waals surface area contributed by atoms with E-state index in [0.29, 0.717) is 6.42 Å². The first-order chi connectivity index (χ1) is 23.7. The summed E-state index contributed by atoms with van der Waals surface area (Å²) in [5.74, 6) is 6.30. The Bertz CT molecular complexity index is 1450. The van der Waals surface area contributed by atoms with Crippen molar-refractivity contribution in [2.75, 3.05) is 7.11 Å². The molecule has 2 amide bonds. The molecule has 270 valence electrons. The fraction of sp³-hybridized carbons (Fsp3) is 0.212. The second-order valence-electron chi connectivity index (χ2n) is 9.43. The van der Waals surface area contributed by atoms with Crippen molar-refractivity contribution in [3.63, 3.8) is 0 Å². The number of aliphatic hydroxyl groups is 1. The number of rotatable bonds is 7. The molecular weight excluding hydrogens is 872 g/mol. The molecule has 5 rings (SSSR count). The molecule has 3 aromatic carbocycles. The van der Waals surface area contributed by atoms with Crippen LogP contribution in [0, 0.1) is 0 Å². The van der Waals surface area contributed by atoms with Gasteiger partial charge in [-0.15, -0.1) is 0 Å². The normalized spacial score (nSPS) is 11.5. The molecule has 0 spiro atoms. The minimum Gasteiger partial charge on any atom is -0.481 e. The Hall–Kier alpha value is -4.28. The third kappa shape index (κ3) is 21.6. The number of nitrogens with two attached hydrogens (primary N) is 2. The monoisotopic (exact) mass is 915 g/mol. The van der Waals surface area contributed by atoms with Gasteiger partial charge in [-0.05, 0) is 16.7 Å². The number of hydrogen-bond donors (Lipinski definition) is 7. The molecular formula is C33H43I2N9O6. The lowest BCUT2D eigenvalue weighted by molar-refractivity contribution is -0.139. The van der Waals surface area contributed by atoms with E-state index in [2.05, 4.69) is 118 Å². The molecule has 3 aromatic rings. The number of aliphatic hydroxyl groups excluding tert-OH is 1. The van der Waals surface area contributed by atoms with Crippen LogP contribution >= 0.6 is 37.2 Å². The molecule has 0 bridgehead atoms. The summed E-state index contributed by atoms with van der Waals surface area (Å²) in [7, 11) is 1.00. The number of hydrogen-bond acceptors (Lipinski definition) is 12. The van der Waals surface area contributed by atoms with Crippen LogP contribution in [0.3, 0.4) is 0 Å². The van der Waals surface area contributed by atoms with E-state index in [1.807, 2.05) is 42.5 Å². The van der Waals surface area contributed by atoms with Crippen LogP contribution in [0.1, 0.15) is 36.5 Å². The topological polar surface area (TPSA) is 269 Å². The Morgan fingerprint density at radius 1 is 0.680 bits per heavy atom. The molecule has 2 heterocycles. The van der Waals surface area contributed by atoms with Crippen molar-refractivity contribution < 1.29 is 29.4 Å². The average molecular weight is 916 g/mol. The maximum Gasteiger partial charge on any atom is 0.324 e. The summed E-state index contributed by atoms with van der Waals surface area (Å²) in [4.78, 5) is 39.0. The van der Waals surface area contributed by atoms with E-state index >= 15 is 0 Å². The molecule has 0 atom stereocenters. The highest BCUT2D eigenvalue weighted by Gasteiger charge is 2.22. The molecule has 11 N–H and O–H groups in total. The third-order valence-electron chi connectivity index (χ3n) is 5.83. The van der Waals surface area contributed by atoms with E-state index in [1.165, 1.54) is 11.1 Å². The van der Waals surface area contributed by atoms with Crippen molar-refractivity contribution in [1.29, 1.82) is 0 Å². The minimum absolute atomic E-state index is 0. The van der Waals surface area contributed by atoms with Crippen molar-refractivity contribution in [3.8, 4) is 0 Å². The van der Waals surface area contributed by atoms with Crippen molar-refractivity contribution in [2.24, 2.45) is 32.1 Å². The van der Waals surface area contributed by atoms with Crippen LogP contribution in [0.4, 0.5) is 0 Å². The van der Waals surface area contributed by atoms with Crippen LogP contribution < -0.4 is 28.7 Å². The van der Waals surface area contributed by atoms with Crippen LogP contribution in [0.2, 0.25) is 0 Å². The summed E-state index contributed by atoms with van der Waals surface area (Å²) in [6.07, 6.45) is 4.69. The maximum absolute atomic E-state index is 10.0. The highest BCUT2D eigenvalue weighted by atomic mass is 128. The van der Waals surface area contributed by atoms with E-state index in [9.17, 15) is 14.4 Å². The smallest absolute Gasteiger partial charge is 0.324 e. The number of benzene rings is 3. The first kappa shape index (κ1) is 47.8. The number of halogens is 2. The summed E-state index contributed by atoms with van der Waals surface area (Å²) in [5, 5.41) is 31.8. The van der Waals surface area contributed by atoms with Crippen LogP contribution in [-0.4, -0.2) is 64.2 Å². The van der Waals surface area contributed by atoms with Gasteiger partial charge in [-0.3, -0.25) is 25.2 Å². The lowest BCUT2D eigenvalue weighted by Gasteiger charge is -2.03. The second kappa shape index (κ2) is 30.8. The highest BCUT2D eigenvalue weighted by Crippen LogP contribution is 2.16. The van der Waals surface area contributed by atoms with Gasteiger partial charge in [0.05, 0.1) is 22.8 Å². The molecule has 0 aromatic heterocycles. The summed E-state index contributed by atoms with van der Waals surface area (Å²) in [6, 6.07) is 30.4.